The third-order valence-electron chi connectivity index (χ3n) is 4.95. The van der Waals surface area contributed by atoms with Crippen LogP contribution in [0.25, 0.3) is 11.5 Å². The second-order valence-electron chi connectivity index (χ2n) is 6.63. The Kier molecular flexibility index (Phi) is 4.13. The van der Waals surface area contributed by atoms with E-state index in [-0.39, 0.29) is 11.9 Å². The maximum Gasteiger partial charge on any atom is 0.280 e. The van der Waals surface area contributed by atoms with Gasteiger partial charge in [-0.1, -0.05) is 6.07 Å². The summed E-state index contributed by atoms with van der Waals surface area (Å²) < 4.78 is 11.1. The number of H-pyrrole nitrogens is 1. The molecule has 4 heterocycles. The van der Waals surface area contributed by atoms with Gasteiger partial charge in [0.05, 0.1) is 18.9 Å². The van der Waals surface area contributed by atoms with Crippen LogP contribution >= 0.6 is 0 Å². The van der Waals surface area contributed by atoms with Gasteiger partial charge in [-0.15, -0.1) is 0 Å². The molecule has 1 aliphatic rings. The zero-order valence-electron chi connectivity index (χ0n) is 15.7. The SMILES string of the molecule is CCOc1ccc(N2C(=O)c3n[nH]c(-c4ccco4)c3C2c2cccnc2)cc1. The number of ether oxygens (including phenoxy) is 1. The first-order chi connectivity index (χ1) is 14.3. The van der Waals surface area contributed by atoms with Gasteiger partial charge in [-0.05, 0) is 55.0 Å². The van der Waals surface area contributed by atoms with Crippen molar-refractivity contribution in [3.63, 3.8) is 0 Å². The van der Waals surface area contributed by atoms with Crippen molar-refractivity contribution in [3.8, 4) is 17.2 Å². The van der Waals surface area contributed by atoms with Crippen LogP contribution in [-0.2, 0) is 0 Å². The highest BCUT2D eigenvalue weighted by Gasteiger charge is 2.43. The molecule has 144 valence electrons. The Labute approximate surface area is 167 Å². The van der Waals surface area contributed by atoms with Gasteiger partial charge in [0.25, 0.3) is 5.91 Å². The third-order valence-corrected chi connectivity index (χ3v) is 4.95. The molecule has 0 aliphatic carbocycles. The lowest BCUT2D eigenvalue weighted by atomic mass is 9.99. The summed E-state index contributed by atoms with van der Waals surface area (Å²) in [6, 6.07) is 14.6. The molecule has 1 atom stereocenters. The number of anilines is 1. The number of fused-ring (bicyclic) bond motifs is 1. The Balaban J connectivity index is 1.66. The lowest BCUT2D eigenvalue weighted by molar-refractivity contribution is 0.0988. The zero-order valence-corrected chi connectivity index (χ0v) is 15.7. The molecule has 0 spiro atoms. The fourth-order valence-corrected chi connectivity index (χ4v) is 3.74. The minimum absolute atomic E-state index is 0.174. The average molecular weight is 386 g/mol. The van der Waals surface area contributed by atoms with Gasteiger partial charge in [-0.3, -0.25) is 19.8 Å². The fraction of sp³-hybridized carbons (Fsp3) is 0.136. The molecule has 1 N–H and O–H groups in total. The second-order valence-corrected chi connectivity index (χ2v) is 6.63. The summed E-state index contributed by atoms with van der Waals surface area (Å²) >= 11 is 0. The molecule has 5 rings (SSSR count). The first-order valence-electron chi connectivity index (χ1n) is 9.36. The van der Waals surface area contributed by atoms with Crippen molar-refractivity contribution in [2.75, 3.05) is 11.5 Å². The first-order valence-corrected chi connectivity index (χ1v) is 9.36. The number of aromatic nitrogens is 3. The lowest BCUT2D eigenvalue weighted by Gasteiger charge is -2.26. The highest BCUT2D eigenvalue weighted by Crippen LogP contribution is 2.45. The van der Waals surface area contributed by atoms with Crippen molar-refractivity contribution in [2.45, 2.75) is 13.0 Å². The summed E-state index contributed by atoms with van der Waals surface area (Å²) in [6.07, 6.45) is 5.08. The van der Waals surface area contributed by atoms with E-state index in [1.54, 1.807) is 23.6 Å². The largest absolute Gasteiger partial charge is 0.494 e. The van der Waals surface area contributed by atoms with E-state index in [4.69, 9.17) is 9.15 Å². The van der Waals surface area contributed by atoms with Crippen LogP contribution in [0.1, 0.15) is 34.6 Å². The van der Waals surface area contributed by atoms with E-state index < -0.39 is 0 Å². The number of furan rings is 1. The summed E-state index contributed by atoms with van der Waals surface area (Å²) in [5.41, 5.74) is 3.52. The Morgan fingerprint density at radius 3 is 2.72 bits per heavy atom. The van der Waals surface area contributed by atoms with Gasteiger partial charge in [0.1, 0.15) is 11.4 Å². The molecule has 1 aromatic carbocycles. The number of carbonyl (C=O) groups is 1. The topological polar surface area (TPSA) is 84.2 Å². The monoisotopic (exact) mass is 386 g/mol. The van der Waals surface area contributed by atoms with Gasteiger partial charge in [-0.25, -0.2) is 0 Å². The number of hydrogen-bond acceptors (Lipinski definition) is 5. The molecule has 1 aliphatic heterocycles. The summed E-state index contributed by atoms with van der Waals surface area (Å²) in [5.74, 6) is 1.22. The Morgan fingerprint density at radius 2 is 2.03 bits per heavy atom. The van der Waals surface area contributed by atoms with Crippen LogP contribution in [0.4, 0.5) is 5.69 Å². The van der Waals surface area contributed by atoms with Crippen LogP contribution in [0.5, 0.6) is 5.75 Å². The first kappa shape index (κ1) is 17.2. The highest BCUT2D eigenvalue weighted by molar-refractivity contribution is 6.11. The molecule has 0 fully saturated rings. The van der Waals surface area contributed by atoms with E-state index in [2.05, 4.69) is 15.2 Å². The van der Waals surface area contributed by atoms with Gasteiger partial charge >= 0.3 is 0 Å². The maximum absolute atomic E-state index is 13.3. The zero-order chi connectivity index (χ0) is 19.8. The minimum atomic E-state index is -0.372. The van der Waals surface area contributed by atoms with Crippen LogP contribution in [0.15, 0.2) is 71.6 Å². The summed E-state index contributed by atoms with van der Waals surface area (Å²) in [6.45, 7) is 2.52. The van der Waals surface area contributed by atoms with E-state index in [1.807, 2.05) is 55.5 Å². The van der Waals surface area contributed by atoms with Crippen LogP contribution in [-0.4, -0.2) is 27.7 Å². The van der Waals surface area contributed by atoms with Crippen molar-refractivity contribution in [2.24, 2.45) is 0 Å². The number of benzene rings is 1. The Bertz CT molecular complexity index is 1130. The van der Waals surface area contributed by atoms with Gasteiger partial charge < -0.3 is 9.15 Å². The average Bonchev–Trinajstić information content (AvgIpc) is 3.47. The van der Waals surface area contributed by atoms with Gasteiger partial charge in [0.15, 0.2) is 11.5 Å². The molecule has 7 nitrogen and oxygen atoms in total. The van der Waals surface area contributed by atoms with Gasteiger partial charge in [0.2, 0.25) is 0 Å². The quantitative estimate of drug-likeness (QED) is 0.555. The predicted octanol–water partition coefficient (Wildman–Crippen LogP) is 4.21. The number of rotatable bonds is 5. The third kappa shape index (κ3) is 2.79. The number of aromatic amines is 1. The normalized spacial score (nSPS) is 15.6. The van der Waals surface area contributed by atoms with Crippen molar-refractivity contribution in [1.82, 2.24) is 15.2 Å². The number of hydrogen-bond donors (Lipinski definition) is 1. The van der Waals surface area contributed by atoms with Crippen molar-refractivity contribution in [3.05, 3.63) is 84.0 Å². The number of nitrogens with zero attached hydrogens (tertiary/aromatic N) is 3. The molecule has 1 amide bonds. The Hall–Kier alpha value is -3.87. The van der Waals surface area contributed by atoms with Crippen molar-refractivity contribution in [1.29, 1.82) is 0 Å². The molecular weight excluding hydrogens is 368 g/mol. The lowest BCUT2D eigenvalue weighted by Crippen LogP contribution is -2.29. The standard InChI is InChI=1S/C22H18N4O3/c1-2-28-16-9-7-15(8-10-16)26-21(14-5-3-11-23-13-14)18-19(17-6-4-12-29-17)24-25-20(18)22(26)27/h3-13,21H,2H2,1H3,(H,24,25). The fourth-order valence-electron chi connectivity index (χ4n) is 3.74. The van der Waals surface area contributed by atoms with Crippen molar-refractivity contribution >= 4 is 11.6 Å². The molecular formula is C22H18N4O3. The number of carbonyl (C=O) groups excluding carboxylic acids is 1. The van der Waals surface area contributed by atoms with Crippen LogP contribution < -0.4 is 9.64 Å². The Morgan fingerprint density at radius 1 is 1.17 bits per heavy atom. The van der Waals surface area contributed by atoms with E-state index in [0.29, 0.717) is 23.8 Å². The van der Waals surface area contributed by atoms with E-state index >= 15 is 0 Å². The summed E-state index contributed by atoms with van der Waals surface area (Å²) in [4.78, 5) is 19.3. The summed E-state index contributed by atoms with van der Waals surface area (Å²) in [7, 11) is 0. The molecule has 4 aromatic rings. The second kappa shape index (κ2) is 6.94. The molecule has 0 saturated carbocycles. The molecule has 0 bridgehead atoms. The number of nitrogens with one attached hydrogen (secondary N) is 1. The minimum Gasteiger partial charge on any atom is -0.494 e. The summed E-state index contributed by atoms with van der Waals surface area (Å²) in [5, 5.41) is 7.29. The van der Waals surface area contributed by atoms with E-state index in [9.17, 15) is 4.79 Å². The predicted molar refractivity (Wildman–Crippen MR) is 107 cm³/mol. The van der Waals surface area contributed by atoms with E-state index in [1.165, 1.54) is 0 Å². The molecule has 7 heteroatoms. The van der Waals surface area contributed by atoms with E-state index in [0.717, 1.165) is 22.6 Å². The van der Waals surface area contributed by atoms with Gasteiger partial charge in [0, 0.05) is 23.6 Å². The van der Waals surface area contributed by atoms with Crippen LogP contribution in [0.2, 0.25) is 0 Å². The number of pyridine rings is 1. The highest BCUT2D eigenvalue weighted by atomic mass is 16.5. The number of amides is 1. The maximum atomic E-state index is 13.3. The van der Waals surface area contributed by atoms with Crippen LogP contribution in [0, 0.1) is 0 Å². The van der Waals surface area contributed by atoms with Crippen molar-refractivity contribution < 1.29 is 13.9 Å². The molecule has 3 aromatic heterocycles. The smallest absolute Gasteiger partial charge is 0.280 e. The van der Waals surface area contributed by atoms with Crippen LogP contribution in [0.3, 0.4) is 0 Å². The molecule has 1 unspecified atom stereocenters. The molecule has 29 heavy (non-hydrogen) atoms. The molecule has 0 radical (unpaired) electrons. The molecule has 0 saturated heterocycles. The van der Waals surface area contributed by atoms with Gasteiger partial charge in [-0.2, -0.15) is 5.10 Å².